The Morgan fingerprint density at radius 2 is 2.33 bits per heavy atom. The number of hydrogen-bond donors (Lipinski definition) is 0. The molecule has 0 amide bonds. The summed E-state index contributed by atoms with van der Waals surface area (Å²) in [5.74, 6) is 0. The molecule has 0 aromatic heterocycles. The van der Waals surface area contributed by atoms with Crippen molar-refractivity contribution in [2.24, 2.45) is 4.99 Å². The molecular formula is C10H16N2. The van der Waals surface area contributed by atoms with Gasteiger partial charge in [0.05, 0.1) is 5.71 Å². The zero-order valence-electron chi connectivity index (χ0n) is 7.88. The number of nitrogens with zero attached hydrogens (tertiary/aromatic N) is 2. The molecule has 0 radical (unpaired) electrons. The molecule has 12 heavy (non-hydrogen) atoms. The molecule has 1 aliphatic rings. The molecule has 0 spiro atoms. The second kappa shape index (κ2) is 4.21. The van der Waals surface area contributed by atoms with E-state index < -0.39 is 0 Å². The first kappa shape index (κ1) is 9.20. The minimum atomic E-state index is 0.950. The highest BCUT2D eigenvalue weighted by molar-refractivity contribution is 6.02. The maximum absolute atomic E-state index is 4.26. The first-order valence-electron chi connectivity index (χ1n) is 4.29. The lowest BCUT2D eigenvalue weighted by atomic mass is 10.0. The van der Waals surface area contributed by atoms with E-state index in [1.54, 1.807) is 6.20 Å². The molecule has 0 aliphatic carbocycles. The van der Waals surface area contributed by atoms with Crippen LogP contribution in [0.5, 0.6) is 0 Å². The fourth-order valence-corrected chi connectivity index (χ4v) is 1.44. The van der Waals surface area contributed by atoms with Crippen LogP contribution < -0.4 is 0 Å². The quantitative estimate of drug-likeness (QED) is 0.577. The van der Waals surface area contributed by atoms with Gasteiger partial charge in [0.15, 0.2) is 0 Å². The van der Waals surface area contributed by atoms with Gasteiger partial charge in [-0.2, -0.15) is 0 Å². The predicted molar refractivity (Wildman–Crippen MR) is 53.5 cm³/mol. The molecule has 1 heterocycles. The monoisotopic (exact) mass is 164 g/mol. The Balaban J connectivity index is 2.78. The SMILES string of the molecule is C=CN=C1CN(C)CC/C1=C/C. The van der Waals surface area contributed by atoms with Gasteiger partial charge in [-0.25, -0.2) is 0 Å². The topological polar surface area (TPSA) is 15.6 Å². The number of likely N-dealkylation sites (tertiary alicyclic amines) is 1. The highest BCUT2D eigenvalue weighted by Gasteiger charge is 2.15. The van der Waals surface area contributed by atoms with Crippen molar-refractivity contribution in [1.82, 2.24) is 4.90 Å². The van der Waals surface area contributed by atoms with Crippen molar-refractivity contribution in [2.75, 3.05) is 20.1 Å². The Morgan fingerprint density at radius 1 is 1.58 bits per heavy atom. The molecular weight excluding hydrogens is 148 g/mol. The number of piperidine rings is 1. The van der Waals surface area contributed by atoms with E-state index >= 15 is 0 Å². The van der Waals surface area contributed by atoms with Crippen molar-refractivity contribution < 1.29 is 0 Å². The summed E-state index contributed by atoms with van der Waals surface area (Å²) in [6, 6.07) is 0. The molecule has 1 fully saturated rings. The van der Waals surface area contributed by atoms with Gasteiger partial charge in [-0.15, -0.1) is 0 Å². The summed E-state index contributed by atoms with van der Waals surface area (Å²) < 4.78 is 0. The third-order valence-corrected chi connectivity index (χ3v) is 2.15. The van der Waals surface area contributed by atoms with Gasteiger partial charge < -0.3 is 4.90 Å². The van der Waals surface area contributed by atoms with Crippen LogP contribution >= 0.6 is 0 Å². The molecule has 1 aliphatic heterocycles. The summed E-state index contributed by atoms with van der Waals surface area (Å²) in [6.45, 7) is 7.77. The van der Waals surface area contributed by atoms with E-state index in [0.717, 1.165) is 19.5 Å². The maximum Gasteiger partial charge on any atom is 0.0572 e. The van der Waals surface area contributed by atoms with E-state index in [0.29, 0.717) is 0 Å². The van der Waals surface area contributed by atoms with Gasteiger partial charge in [-0.3, -0.25) is 4.99 Å². The lowest BCUT2D eigenvalue weighted by Gasteiger charge is -2.25. The lowest BCUT2D eigenvalue weighted by Crippen LogP contribution is -2.33. The molecule has 0 saturated carbocycles. The highest BCUT2D eigenvalue weighted by Crippen LogP contribution is 2.12. The molecule has 66 valence electrons. The maximum atomic E-state index is 4.26. The predicted octanol–water partition coefficient (Wildman–Crippen LogP) is 1.85. The molecule has 0 unspecified atom stereocenters. The molecule has 0 aromatic rings. The van der Waals surface area contributed by atoms with Crippen molar-refractivity contribution in [3.63, 3.8) is 0 Å². The van der Waals surface area contributed by atoms with Crippen LogP contribution in [0.1, 0.15) is 13.3 Å². The number of aliphatic imine (C=N–C) groups is 1. The van der Waals surface area contributed by atoms with Crippen molar-refractivity contribution in [3.8, 4) is 0 Å². The Bertz CT molecular complexity index is 226. The van der Waals surface area contributed by atoms with Crippen LogP contribution in [0.2, 0.25) is 0 Å². The minimum Gasteiger partial charge on any atom is -0.300 e. The van der Waals surface area contributed by atoms with Gasteiger partial charge in [0, 0.05) is 19.3 Å². The van der Waals surface area contributed by atoms with Crippen LogP contribution in [0.4, 0.5) is 0 Å². The van der Waals surface area contributed by atoms with Crippen LogP contribution in [-0.4, -0.2) is 30.7 Å². The zero-order chi connectivity index (χ0) is 8.97. The second-order valence-electron chi connectivity index (χ2n) is 3.06. The summed E-state index contributed by atoms with van der Waals surface area (Å²) in [7, 11) is 2.12. The summed E-state index contributed by atoms with van der Waals surface area (Å²) in [5.41, 5.74) is 2.54. The number of rotatable bonds is 1. The van der Waals surface area contributed by atoms with Gasteiger partial charge in [-0.05, 0) is 26.0 Å². The minimum absolute atomic E-state index is 0.950. The summed E-state index contributed by atoms with van der Waals surface area (Å²) in [4.78, 5) is 6.53. The summed E-state index contributed by atoms with van der Waals surface area (Å²) >= 11 is 0. The average molecular weight is 164 g/mol. The first-order chi connectivity index (χ1) is 5.77. The highest BCUT2D eigenvalue weighted by atomic mass is 15.1. The summed E-state index contributed by atoms with van der Waals surface area (Å²) in [6.07, 6.45) is 4.88. The zero-order valence-corrected chi connectivity index (χ0v) is 7.88. The largest absolute Gasteiger partial charge is 0.300 e. The Hall–Kier alpha value is -0.890. The van der Waals surface area contributed by atoms with Crippen molar-refractivity contribution in [3.05, 3.63) is 24.4 Å². The van der Waals surface area contributed by atoms with E-state index in [9.17, 15) is 0 Å². The van der Waals surface area contributed by atoms with Crippen LogP contribution in [-0.2, 0) is 0 Å². The van der Waals surface area contributed by atoms with Crippen LogP contribution in [0.25, 0.3) is 0 Å². The van der Waals surface area contributed by atoms with Gasteiger partial charge in [0.1, 0.15) is 0 Å². The number of allylic oxidation sites excluding steroid dienone is 1. The van der Waals surface area contributed by atoms with E-state index in [1.165, 1.54) is 11.3 Å². The third-order valence-electron chi connectivity index (χ3n) is 2.15. The van der Waals surface area contributed by atoms with Crippen LogP contribution in [0, 0.1) is 0 Å². The van der Waals surface area contributed by atoms with Gasteiger partial charge in [-0.1, -0.05) is 12.7 Å². The molecule has 0 atom stereocenters. The average Bonchev–Trinajstić information content (AvgIpc) is 2.05. The fourth-order valence-electron chi connectivity index (χ4n) is 1.44. The Labute approximate surface area is 74.3 Å². The van der Waals surface area contributed by atoms with Crippen molar-refractivity contribution >= 4 is 5.71 Å². The van der Waals surface area contributed by atoms with Gasteiger partial charge in [0.25, 0.3) is 0 Å². The standard InChI is InChI=1S/C10H16N2/c1-4-9-6-7-12(3)8-10(9)11-5-2/h4-5H,2,6-8H2,1,3H3/b9-4-,11-10?. The molecule has 0 bridgehead atoms. The fraction of sp³-hybridized carbons (Fsp3) is 0.500. The van der Waals surface area contributed by atoms with E-state index in [-0.39, 0.29) is 0 Å². The van der Waals surface area contributed by atoms with Crippen LogP contribution in [0.3, 0.4) is 0 Å². The third kappa shape index (κ3) is 2.05. The van der Waals surface area contributed by atoms with E-state index in [2.05, 4.69) is 36.5 Å². The first-order valence-corrected chi connectivity index (χ1v) is 4.29. The van der Waals surface area contributed by atoms with Gasteiger partial charge >= 0.3 is 0 Å². The van der Waals surface area contributed by atoms with Gasteiger partial charge in [0.2, 0.25) is 0 Å². The van der Waals surface area contributed by atoms with E-state index in [1.807, 2.05) is 0 Å². The molecule has 1 rings (SSSR count). The number of hydrogen-bond acceptors (Lipinski definition) is 2. The second-order valence-corrected chi connectivity index (χ2v) is 3.06. The molecule has 1 saturated heterocycles. The lowest BCUT2D eigenvalue weighted by molar-refractivity contribution is 0.373. The Morgan fingerprint density at radius 3 is 2.92 bits per heavy atom. The molecule has 2 heteroatoms. The normalized spacial score (nSPS) is 26.5. The molecule has 2 nitrogen and oxygen atoms in total. The van der Waals surface area contributed by atoms with Crippen molar-refractivity contribution in [2.45, 2.75) is 13.3 Å². The molecule has 0 aromatic carbocycles. The van der Waals surface area contributed by atoms with Crippen molar-refractivity contribution in [1.29, 1.82) is 0 Å². The molecule has 0 N–H and O–H groups in total. The summed E-state index contributed by atoms with van der Waals surface area (Å²) in [5, 5.41) is 0. The van der Waals surface area contributed by atoms with E-state index in [4.69, 9.17) is 0 Å². The Kier molecular flexibility index (Phi) is 3.23. The smallest absolute Gasteiger partial charge is 0.0572 e. The van der Waals surface area contributed by atoms with Crippen LogP contribution in [0.15, 0.2) is 29.4 Å².